The van der Waals surface area contributed by atoms with Crippen molar-refractivity contribution < 1.29 is 27.8 Å². The Morgan fingerprint density at radius 3 is 2.64 bits per heavy atom. The molecule has 13 heteroatoms. The van der Waals surface area contributed by atoms with E-state index in [1.807, 2.05) is 0 Å². The van der Waals surface area contributed by atoms with Crippen molar-refractivity contribution in [1.29, 1.82) is 0 Å². The molecule has 3 aromatic rings. The van der Waals surface area contributed by atoms with Crippen molar-refractivity contribution in [2.45, 2.75) is 44.7 Å². The quantitative estimate of drug-likeness (QED) is 0.398. The maximum atomic E-state index is 15.4. The standard InChI is InChI=1S/C26H29FN6O5S/c1-15-12-19-18(24(28)30-15)6-4-16(23(19)27)13-21(26(35)36)32-11-8-20(25(32)34)33(39(37)38)17-5-7-22(29-14-17)31-9-2-3-10-31/h4-7,12,14,20-21H,2-3,8-11,13H2,1H3,(H2,28,30)(H,35,36)(H,37,38)/p-1/t20-,21+/m0/s1. The molecule has 206 valence electrons. The Labute approximate surface area is 226 Å². The molecule has 0 bridgehead atoms. The second-order valence-corrected chi connectivity index (χ2v) is 10.6. The van der Waals surface area contributed by atoms with Crippen LogP contribution in [-0.2, 0) is 27.3 Å². The molecule has 0 spiro atoms. The van der Waals surface area contributed by atoms with Gasteiger partial charge in [-0.2, -0.15) is 0 Å². The van der Waals surface area contributed by atoms with Gasteiger partial charge in [-0.15, -0.1) is 0 Å². The SMILES string of the molecule is Cc1cc2c(F)c(C[C@H](C(=O)O)N3CC[C@H](N(c4ccc(N5CCCC5)nc4)S(=O)[O-])C3=O)ccc2c(N)n1. The Morgan fingerprint density at radius 1 is 1.26 bits per heavy atom. The third-order valence-corrected chi connectivity index (χ3v) is 8.12. The number of halogens is 1. The molecule has 2 saturated heterocycles. The highest BCUT2D eigenvalue weighted by Crippen LogP contribution is 2.31. The van der Waals surface area contributed by atoms with Crippen LogP contribution in [-0.4, -0.2) is 72.3 Å². The molecule has 39 heavy (non-hydrogen) atoms. The van der Waals surface area contributed by atoms with E-state index in [0.29, 0.717) is 11.1 Å². The molecule has 1 unspecified atom stereocenters. The molecule has 11 nitrogen and oxygen atoms in total. The summed E-state index contributed by atoms with van der Waals surface area (Å²) in [6, 6.07) is 5.31. The van der Waals surface area contributed by atoms with Crippen molar-refractivity contribution in [3.05, 3.63) is 53.6 Å². The van der Waals surface area contributed by atoms with Crippen LogP contribution >= 0.6 is 0 Å². The van der Waals surface area contributed by atoms with Gasteiger partial charge in [0.2, 0.25) is 5.91 Å². The smallest absolute Gasteiger partial charge is 0.326 e. The topological polar surface area (TPSA) is 156 Å². The highest BCUT2D eigenvalue weighted by molar-refractivity contribution is 7.80. The van der Waals surface area contributed by atoms with Crippen molar-refractivity contribution in [2.75, 3.05) is 34.6 Å². The van der Waals surface area contributed by atoms with E-state index in [1.54, 1.807) is 25.1 Å². The molecule has 2 fully saturated rings. The number of pyridine rings is 2. The van der Waals surface area contributed by atoms with Gasteiger partial charge in [-0.05, 0) is 49.9 Å². The lowest BCUT2D eigenvalue weighted by Crippen LogP contribution is -2.49. The summed E-state index contributed by atoms with van der Waals surface area (Å²) in [4.78, 5) is 37.4. The van der Waals surface area contributed by atoms with Gasteiger partial charge in [0.15, 0.2) is 0 Å². The first-order chi connectivity index (χ1) is 18.7. The lowest BCUT2D eigenvalue weighted by molar-refractivity contribution is -0.148. The molecule has 0 aliphatic carbocycles. The van der Waals surface area contributed by atoms with Gasteiger partial charge >= 0.3 is 5.97 Å². The molecule has 2 aliphatic rings. The fourth-order valence-corrected chi connectivity index (χ4v) is 6.10. The number of nitrogens with zero attached hydrogens (tertiary/aromatic N) is 5. The number of hydrogen-bond acceptors (Lipinski definition) is 8. The first-order valence-electron chi connectivity index (χ1n) is 12.6. The summed E-state index contributed by atoms with van der Waals surface area (Å²) in [6.07, 6.45) is 3.30. The Kier molecular flexibility index (Phi) is 7.36. The molecule has 3 N–H and O–H groups in total. The number of aryl methyl sites for hydroxylation is 1. The van der Waals surface area contributed by atoms with Crippen LogP contribution in [0.25, 0.3) is 10.8 Å². The predicted octanol–water partition coefficient (Wildman–Crippen LogP) is 2.16. The average molecular weight is 556 g/mol. The first kappa shape index (κ1) is 26.8. The molecule has 2 aromatic heterocycles. The van der Waals surface area contributed by atoms with Gasteiger partial charge in [0.25, 0.3) is 0 Å². The number of carbonyl (C=O) groups excluding carboxylic acids is 1. The Hall–Kier alpha value is -3.84. The van der Waals surface area contributed by atoms with Crippen LogP contribution in [0.5, 0.6) is 0 Å². The van der Waals surface area contributed by atoms with Gasteiger partial charge in [-0.3, -0.25) is 13.3 Å². The summed E-state index contributed by atoms with van der Waals surface area (Å²) >= 11 is -2.82. The van der Waals surface area contributed by atoms with Crippen LogP contribution < -0.4 is 14.9 Å². The Balaban J connectivity index is 1.39. The van der Waals surface area contributed by atoms with Crippen molar-refractivity contribution in [3.63, 3.8) is 0 Å². The lowest BCUT2D eigenvalue weighted by atomic mass is 10.00. The molecule has 1 aromatic carbocycles. The molecule has 0 radical (unpaired) electrons. The molecule has 5 rings (SSSR count). The number of nitrogens with two attached hydrogens (primary N) is 1. The van der Waals surface area contributed by atoms with Crippen LogP contribution in [0.15, 0.2) is 36.5 Å². The summed E-state index contributed by atoms with van der Waals surface area (Å²) in [5, 5.41) is 10.6. The molecular weight excluding hydrogens is 527 g/mol. The van der Waals surface area contributed by atoms with Crippen molar-refractivity contribution in [3.8, 4) is 0 Å². The monoisotopic (exact) mass is 555 g/mol. The lowest BCUT2D eigenvalue weighted by Gasteiger charge is -2.32. The molecular formula is C26H28FN6O5S-. The number of benzene rings is 1. The summed E-state index contributed by atoms with van der Waals surface area (Å²) < 4.78 is 40.8. The van der Waals surface area contributed by atoms with E-state index in [9.17, 15) is 23.5 Å². The highest BCUT2D eigenvalue weighted by atomic mass is 32.2. The van der Waals surface area contributed by atoms with Crippen molar-refractivity contribution >= 4 is 51.2 Å². The van der Waals surface area contributed by atoms with E-state index in [2.05, 4.69) is 14.9 Å². The second kappa shape index (κ2) is 10.7. The van der Waals surface area contributed by atoms with E-state index >= 15 is 4.39 Å². The Morgan fingerprint density at radius 2 is 2.00 bits per heavy atom. The minimum atomic E-state index is -2.82. The Bertz CT molecular complexity index is 1450. The number of likely N-dealkylation sites (tertiary alicyclic amines) is 1. The van der Waals surface area contributed by atoms with Crippen LogP contribution in [0.4, 0.5) is 21.7 Å². The zero-order valence-corrected chi connectivity index (χ0v) is 22.1. The third-order valence-electron chi connectivity index (χ3n) is 7.33. The minimum Gasteiger partial charge on any atom is -0.755 e. The number of anilines is 3. The fourth-order valence-electron chi connectivity index (χ4n) is 5.42. The van der Waals surface area contributed by atoms with Crippen LogP contribution in [0.3, 0.4) is 0 Å². The summed E-state index contributed by atoms with van der Waals surface area (Å²) in [6.45, 7) is 3.42. The number of nitrogen functional groups attached to an aromatic ring is 1. The van der Waals surface area contributed by atoms with Crippen LogP contribution in [0.1, 0.15) is 30.5 Å². The number of aliphatic carboxylic acids is 1. The summed E-state index contributed by atoms with van der Waals surface area (Å²) in [5.41, 5.74) is 6.73. The molecule has 3 atom stereocenters. The molecule has 0 saturated carbocycles. The van der Waals surface area contributed by atoms with E-state index in [0.717, 1.165) is 41.0 Å². The van der Waals surface area contributed by atoms with Gasteiger partial charge in [0, 0.05) is 53.8 Å². The number of fused-ring (bicyclic) bond motifs is 1. The van der Waals surface area contributed by atoms with E-state index < -0.39 is 41.0 Å². The highest BCUT2D eigenvalue weighted by Gasteiger charge is 2.42. The summed E-state index contributed by atoms with van der Waals surface area (Å²) in [5.74, 6) is -1.73. The van der Waals surface area contributed by atoms with Gasteiger partial charge in [0.1, 0.15) is 29.5 Å². The van der Waals surface area contributed by atoms with Crippen molar-refractivity contribution in [2.24, 2.45) is 0 Å². The number of hydrogen-bond donors (Lipinski definition) is 2. The minimum absolute atomic E-state index is 0.00136. The molecule has 4 heterocycles. The molecule has 1 amide bonds. The van der Waals surface area contributed by atoms with Gasteiger partial charge in [0.05, 0.1) is 11.9 Å². The largest absolute Gasteiger partial charge is 0.755 e. The zero-order chi connectivity index (χ0) is 27.8. The predicted molar refractivity (Wildman–Crippen MR) is 143 cm³/mol. The van der Waals surface area contributed by atoms with E-state index in [1.165, 1.54) is 18.3 Å². The van der Waals surface area contributed by atoms with Crippen LogP contribution in [0, 0.1) is 12.7 Å². The normalized spacial score (nSPS) is 19.1. The first-order valence-corrected chi connectivity index (χ1v) is 13.7. The maximum absolute atomic E-state index is 15.4. The van der Waals surface area contributed by atoms with Gasteiger partial charge < -0.3 is 25.2 Å². The second-order valence-electron chi connectivity index (χ2n) is 9.79. The maximum Gasteiger partial charge on any atom is 0.326 e. The zero-order valence-electron chi connectivity index (χ0n) is 21.2. The van der Waals surface area contributed by atoms with Gasteiger partial charge in [-0.25, -0.2) is 19.2 Å². The number of rotatable bonds is 8. The number of carboxylic acid groups (broad SMARTS) is 1. The number of carboxylic acids is 1. The van der Waals surface area contributed by atoms with E-state index in [-0.39, 0.29) is 41.8 Å². The van der Waals surface area contributed by atoms with Crippen molar-refractivity contribution in [1.82, 2.24) is 14.9 Å². The number of aromatic nitrogens is 2. The average Bonchev–Trinajstić information content (AvgIpc) is 3.55. The molecule has 2 aliphatic heterocycles. The summed E-state index contributed by atoms with van der Waals surface area (Å²) in [7, 11) is 0. The number of amides is 1. The third kappa shape index (κ3) is 5.11. The number of carbonyl (C=O) groups is 2. The van der Waals surface area contributed by atoms with Gasteiger partial charge in [-0.1, -0.05) is 12.1 Å². The van der Waals surface area contributed by atoms with E-state index in [4.69, 9.17) is 5.73 Å². The fraction of sp³-hybridized carbons (Fsp3) is 0.385. The van der Waals surface area contributed by atoms with Crippen LogP contribution in [0.2, 0.25) is 0 Å².